The highest BCUT2D eigenvalue weighted by Crippen LogP contribution is 2.35. The van der Waals surface area contributed by atoms with Gasteiger partial charge in [-0.3, -0.25) is 9.59 Å². The molecule has 1 amide bonds. The molecule has 9 heteroatoms. The molecule has 1 aromatic carbocycles. The fourth-order valence-corrected chi connectivity index (χ4v) is 4.81. The van der Waals surface area contributed by atoms with E-state index in [1.54, 1.807) is 35.6 Å². The lowest BCUT2D eigenvalue weighted by atomic mass is 10.1. The number of nitrogens with zero attached hydrogens (tertiary/aromatic N) is 4. The fraction of sp³-hybridized carbons (Fsp3) is 0.136. The molecule has 1 N–H and O–H groups in total. The van der Waals surface area contributed by atoms with Crippen molar-refractivity contribution in [2.24, 2.45) is 0 Å². The molecule has 4 rings (SSSR count). The highest BCUT2D eigenvalue weighted by atomic mass is 32.1. The van der Waals surface area contributed by atoms with E-state index in [1.165, 1.54) is 28.2 Å². The van der Waals surface area contributed by atoms with Crippen LogP contribution in [0.15, 0.2) is 58.7 Å². The number of aromatic nitrogens is 3. The molecule has 154 valence electrons. The zero-order valence-corrected chi connectivity index (χ0v) is 18.2. The second-order valence-corrected chi connectivity index (χ2v) is 8.59. The maximum absolute atomic E-state index is 12.3. The van der Waals surface area contributed by atoms with E-state index in [0.717, 1.165) is 20.5 Å². The number of nitriles is 1. The SMILES string of the molecule is Cc1nc(-c2cccs2)sc1-c1ccc(=O)n(CCNC(=O)c2cccc(C#N)c2)n1. The molecule has 0 fully saturated rings. The van der Waals surface area contributed by atoms with Crippen molar-refractivity contribution < 1.29 is 4.79 Å². The van der Waals surface area contributed by atoms with Gasteiger partial charge in [-0.2, -0.15) is 10.4 Å². The topological polar surface area (TPSA) is 101 Å². The Morgan fingerprint density at radius 3 is 2.87 bits per heavy atom. The van der Waals surface area contributed by atoms with Crippen LogP contribution < -0.4 is 10.9 Å². The summed E-state index contributed by atoms with van der Waals surface area (Å²) < 4.78 is 1.34. The molecule has 3 heterocycles. The van der Waals surface area contributed by atoms with Gasteiger partial charge < -0.3 is 5.32 Å². The van der Waals surface area contributed by atoms with Gasteiger partial charge in [-0.15, -0.1) is 22.7 Å². The summed E-state index contributed by atoms with van der Waals surface area (Å²) in [5, 5.41) is 19.1. The first-order chi connectivity index (χ1) is 15.0. The number of aryl methyl sites for hydroxylation is 1. The summed E-state index contributed by atoms with van der Waals surface area (Å²) in [4.78, 5) is 31.2. The molecule has 31 heavy (non-hydrogen) atoms. The normalized spacial score (nSPS) is 10.6. The van der Waals surface area contributed by atoms with E-state index in [0.29, 0.717) is 16.8 Å². The lowest BCUT2D eigenvalue weighted by Gasteiger charge is -2.08. The predicted molar refractivity (Wildman–Crippen MR) is 121 cm³/mol. The van der Waals surface area contributed by atoms with Crippen molar-refractivity contribution >= 4 is 28.6 Å². The third kappa shape index (κ3) is 4.60. The zero-order chi connectivity index (χ0) is 21.8. The van der Waals surface area contributed by atoms with Gasteiger partial charge in [-0.05, 0) is 42.6 Å². The summed E-state index contributed by atoms with van der Waals surface area (Å²) in [5.41, 5.74) is 2.10. The Balaban J connectivity index is 1.48. The number of amides is 1. The monoisotopic (exact) mass is 447 g/mol. The molecule has 0 unspecified atom stereocenters. The number of carbonyl (C=O) groups is 1. The molecule has 0 spiro atoms. The van der Waals surface area contributed by atoms with E-state index in [2.05, 4.69) is 15.4 Å². The number of hydrogen-bond donors (Lipinski definition) is 1. The summed E-state index contributed by atoms with van der Waals surface area (Å²) >= 11 is 3.17. The summed E-state index contributed by atoms with van der Waals surface area (Å²) in [6, 6.07) is 15.7. The van der Waals surface area contributed by atoms with Gasteiger partial charge in [0.1, 0.15) is 10.7 Å². The van der Waals surface area contributed by atoms with Crippen LogP contribution in [-0.2, 0) is 6.54 Å². The first-order valence-corrected chi connectivity index (χ1v) is 11.1. The fourth-order valence-electron chi connectivity index (χ4n) is 2.98. The Labute approximate surface area is 186 Å². The lowest BCUT2D eigenvalue weighted by molar-refractivity contribution is 0.0951. The third-order valence-electron chi connectivity index (χ3n) is 4.49. The Morgan fingerprint density at radius 1 is 1.23 bits per heavy atom. The van der Waals surface area contributed by atoms with E-state index in [9.17, 15) is 9.59 Å². The van der Waals surface area contributed by atoms with Crippen LogP contribution in [0.5, 0.6) is 0 Å². The Bertz CT molecular complexity index is 1330. The largest absolute Gasteiger partial charge is 0.350 e. The predicted octanol–water partition coefficient (Wildman–Crippen LogP) is 3.71. The lowest BCUT2D eigenvalue weighted by Crippen LogP contribution is -2.32. The molecule has 0 atom stereocenters. The minimum absolute atomic E-state index is 0.228. The van der Waals surface area contributed by atoms with Gasteiger partial charge in [0.2, 0.25) is 0 Å². The van der Waals surface area contributed by atoms with Crippen molar-refractivity contribution in [1.29, 1.82) is 5.26 Å². The van der Waals surface area contributed by atoms with Gasteiger partial charge >= 0.3 is 0 Å². The minimum Gasteiger partial charge on any atom is -0.350 e. The number of benzene rings is 1. The van der Waals surface area contributed by atoms with Crippen LogP contribution in [0.3, 0.4) is 0 Å². The second-order valence-electron chi connectivity index (χ2n) is 6.64. The Kier molecular flexibility index (Phi) is 6.02. The van der Waals surface area contributed by atoms with Gasteiger partial charge in [0.15, 0.2) is 0 Å². The van der Waals surface area contributed by atoms with E-state index >= 15 is 0 Å². The standard InChI is InChI=1S/C22H17N5O2S2/c1-14-20(31-22(25-14)18-6-3-11-30-18)17-7-8-19(28)27(26-17)10-9-24-21(29)16-5-2-4-15(12-16)13-23/h2-8,11-12H,9-10H2,1H3,(H,24,29). The molecule has 0 saturated heterocycles. The highest BCUT2D eigenvalue weighted by Gasteiger charge is 2.14. The molecule has 7 nitrogen and oxygen atoms in total. The van der Waals surface area contributed by atoms with Gasteiger partial charge in [0, 0.05) is 18.2 Å². The molecule has 0 aliphatic carbocycles. The smallest absolute Gasteiger partial charge is 0.266 e. The van der Waals surface area contributed by atoms with Gasteiger partial charge in [-0.1, -0.05) is 12.1 Å². The van der Waals surface area contributed by atoms with E-state index in [1.807, 2.05) is 30.5 Å². The first-order valence-electron chi connectivity index (χ1n) is 9.43. The maximum Gasteiger partial charge on any atom is 0.266 e. The van der Waals surface area contributed by atoms with Gasteiger partial charge in [0.25, 0.3) is 11.5 Å². The second kappa shape index (κ2) is 9.04. The van der Waals surface area contributed by atoms with Crippen molar-refractivity contribution in [2.45, 2.75) is 13.5 Å². The number of hydrogen-bond acceptors (Lipinski definition) is 7. The summed E-state index contributed by atoms with van der Waals surface area (Å²) in [5.74, 6) is -0.305. The van der Waals surface area contributed by atoms with E-state index < -0.39 is 0 Å². The quantitative estimate of drug-likeness (QED) is 0.486. The molecule has 0 radical (unpaired) electrons. The van der Waals surface area contributed by atoms with E-state index in [4.69, 9.17) is 5.26 Å². The van der Waals surface area contributed by atoms with Crippen molar-refractivity contribution in [3.63, 3.8) is 0 Å². The molecular formula is C22H17N5O2S2. The van der Waals surface area contributed by atoms with Crippen LogP contribution in [0.4, 0.5) is 0 Å². The van der Waals surface area contributed by atoms with Crippen molar-refractivity contribution in [2.75, 3.05) is 6.54 Å². The number of carbonyl (C=O) groups excluding carboxylic acids is 1. The third-order valence-corrected chi connectivity index (χ3v) is 6.71. The molecule has 4 aromatic rings. The molecular weight excluding hydrogens is 430 g/mol. The molecule has 3 aromatic heterocycles. The Morgan fingerprint density at radius 2 is 2.10 bits per heavy atom. The average molecular weight is 448 g/mol. The first kappa shape index (κ1) is 20.7. The van der Waals surface area contributed by atoms with Gasteiger partial charge in [-0.25, -0.2) is 9.67 Å². The van der Waals surface area contributed by atoms with Crippen molar-refractivity contribution in [3.05, 3.63) is 81.1 Å². The molecule has 0 saturated carbocycles. The Hall–Kier alpha value is -3.61. The number of thiophene rings is 1. The van der Waals surface area contributed by atoms with Crippen molar-refractivity contribution in [3.8, 4) is 26.5 Å². The number of thiazole rings is 1. The van der Waals surface area contributed by atoms with Crippen LogP contribution in [-0.4, -0.2) is 27.2 Å². The van der Waals surface area contributed by atoms with E-state index in [-0.39, 0.29) is 24.6 Å². The molecule has 0 aliphatic heterocycles. The van der Waals surface area contributed by atoms with Crippen molar-refractivity contribution in [1.82, 2.24) is 20.1 Å². The van der Waals surface area contributed by atoms with Crippen LogP contribution in [0.25, 0.3) is 20.5 Å². The summed E-state index contributed by atoms with van der Waals surface area (Å²) in [7, 11) is 0. The maximum atomic E-state index is 12.3. The summed E-state index contributed by atoms with van der Waals surface area (Å²) in [6.45, 7) is 2.38. The van der Waals surface area contributed by atoms with Crippen LogP contribution in [0.2, 0.25) is 0 Å². The number of nitrogens with one attached hydrogen (secondary N) is 1. The average Bonchev–Trinajstić information content (AvgIpc) is 3.45. The van der Waals surface area contributed by atoms with Gasteiger partial charge in [0.05, 0.1) is 33.6 Å². The van der Waals surface area contributed by atoms with Crippen LogP contribution in [0.1, 0.15) is 21.6 Å². The number of rotatable bonds is 6. The highest BCUT2D eigenvalue weighted by molar-refractivity contribution is 7.23. The zero-order valence-electron chi connectivity index (χ0n) is 16.5. The molecule has 0 aliphatic rings. The van der Waals surface area contributed by atoms with Crippen LogP contribution >= 0.6 is 22.7 Å². The van der Waals surface area contributed by atoms with Crippen LogP contribution in [0, 0.1) is 18.3 Å². The molecule has 0 bridgehead atoms. The summed E-state index contributed by atoms with van der Waals surface area (Å²) in [6.07, 6.45) is 0. The minimum atomic E-state index is -0.305.